The second kappa shape index (κ2) is 5.87. The lowest BCUT2D eigenvalue weighted by molar-refractivity contribution is 0.0928. The fourth-order valence-electron chi connectivity index (χ4n) is 2.34. The summed E-state index contributed by atoms with van der Waals surface area (Å²) in [7, 11) is 4.04. The maximum atomic E-state index is 6.22. The number of hydrogen-bond acceptors (Lipinski definition) is 4. The molecule has 2 rings (SSSR count). The van der Waals surface area contributed by atoms with Crippen LogP contribution in [0.5, 0.6) is 0 Å². The summed E-state index contributed by atoms with van der Waals surface area (Å²) < 4.78 is 0. The molecule has 0 bridgehead atoms. The Morgan fingerprint density at radius 2 is 2.22 bits per heavy atom. The first kappa shape index (κ1) is 13.6. The van der Waals surface area contributed by atoms with E-state index in [0.29, 0.717) is 6.04 Å². The second-order valence-corrected chi connectivity index (χ2v) is 5.36. The maximum Gasteiger partial charge on any atom is 0.126 e. The molecule has 4 nitrogen and oxygen atoms in total. The first-order valence-electron chi connectivity index (χ1n) is 6.36. The zero-order chi connectivity index (χ0) is 13.1. The van der Waals surface area contributed by atoms with Gasteiger partial charge in [-0.15, -0.1) is 0 Å². The van der Waals surface area contributed by atoms with Crippen molar-refractivity contribution in [3.63, 3.8) is 0 Å². The average Bonchev–Trinajstić information content (AvgIpc) is 2.35. The van der Waals surface area contributed by atoms with Crippen molar-refractivity contribution in [2.45, 2.75) is 19.5 Å². The minimum absolute atomic E-state index is 0.542. The highest BCUT2D eigenvalue weighted by Gasteiger charge is 2.22. The van der Waals surface area contributed by atoms with Crippen molar-refractivity contribution in [3.05, 3.63) is 22.8 Å². The van der Waals surface area contributed by atoms with E-state index in [1.165, 1.54) is 0 Å². The summed E-state index contributed by atoms with van der Waals surface area (Å²) in [5.74, 6) is 0.871. The summed E-state index contributed by atoms with van der Waals surface area (Å²) in [5.41, 5.74) is 0.958. The summed E-state index contributed by atoms with van der Waals surface area (Å²) in [6, 6.07) is 4.36. The van der Waals surface area contributed by atoms with E-state index < -0.39 is 0 Å². The van der Waals surface area contributed by atoms with Crippen molar-refractivity contribution in [1.82, 2.24) is 14.8 Å². The molecule has 2 heterocycles. The lowest BCUT2D eigenvalue weighted by atomic mass is 10.2. The predicted octanol–water partition coefficient (Wildman–Crippen LogP) is 1.91. The molecule has 1 saturated heterocycles. The molecule has 100 valence electrons. The number of nitrogens with zero attached hydrogens (tertiary/aromatic N) is 3. The maximum absolute atomic E-state index is 6.22. The molecular formula is C13H21ClN4. The summed E-state index contributed by atoms with van der Waals surface area (Å²) in [5, 5.41) is 3.80. The number of likely N-dealkylation sites (N-methyl/N-ethyl adjacent to an activating group) is 1. The number of halogens is 1. The molecule has 0 amide bonds. The van der Waals surface area contributed by atoms with Crippen LogP contribution in [-0.4, -0.2) is 54.6 Å². The standard InChI is InChI=1S/C13H21ClN4/c1-10-8-17(3)6-7-18(10)9-12-11(14)4-5-13(15-2)16-12/h4-5,10H,6-9H2,1-3H3,(H,15,16). The highest BCUT2D eigenvalue weighted by Crippen LogP contribution is 2.20. The van der Waals surface area contributed by atoms with Gasteiger partial charge in [0.2, 0.25) is 0 Å². The van der Waals surface area contributed by atoms with Gasteiger partial charge >= 0.3 is 0 Å². The fraction of sp³-hybridized carbons (Fsp3) is 0.615. The Balaban J connectivity index is 2.08. The van der Waals surface area contributed by atoms with Crippen LogP contribution in [0.4, 0.5) is 5.82 Å². The molecule has 1 unspecified atom stereocenters. The van der Waals surface area contributed by atoms with Crippen LogP contribution < -0.4 is 5.32 Å². The van der Waals surface area contributed by atoms with Gasteiger partial charge in [0.1, 0.15) is 5.82 Å². The van der Waals surface area contributed by atoms with Crippen LogP contribution in [0.3, 0.4) is 0 Å². The molecule has 1 aliphatic rings. The fourth-order valence-corrected chi connectivity index (χ4v) is 2.50. The molecule has 1 aliphatic heterocycles. The molecule has 1 atom stereocenters. The number of anilines is 1. The van der Waals surface area contributed by atoms with Crippen LogP contribution in [0, 0.1) is 0 Å². The molecule has 0 radical (unpaired) electrons. The van der Waals surface area contributed by atoms with Gasteiger partial charge in [0, 0.05) is 39.3 Å². The zero-order valence-electron chi connectivity index (χ0n) is 11.3. The van der Waals surface area contributed by atoms with E-state index in [9.17, 15) is 0 Å². The van der Waals surface area contributed by atoms with Crippen molar-refractivity contribution < 1.29 is 0 Å². The Hall–Kier alpha value is -0.840. The Morgan fingerprint density at radius 3 is 2.89 bits per heavy atom. The average molecular weight is 269 g/mol. The van der Waals surface area contributed by atoms with Crippen molar-refractivity contribution in [1.29, 1.82) is 0 Å². The van der Waals surface area contributed by atoms with Crippen LogP contribution in [0.2, 0.25) is 5.02 Å². The Kier molecular flexibility index (Phi) is 4.43. The van der Waals surface area contributed by atoms with E-state index in [4.69, 9.17) is 11.6 Å². The van der Waals surface area contributed by atoms with E-state index in [1.54, 1.807) is 0 Å². The molecule has 0 aromatic carbocycles. The summed E-state index contributed by atoms with van der Waals surface area (Å²) in [4.78, 5) is 9.34. The quantitative estimate of drug-likeness (QED) is 0.908. The largest absolute Gasteiger partial charge is 0.373 e. The van der Waals surface area contributed by atoms with E-state index in [2.05, 4.69) is 34.1 Å². The van der Waals surface area contributed by atoms with Crippen molar-refractivity contribution in [2.75, 3.05) is 39.0 Å². The van der Waals surface area contributed by atoms with Gasteiger partial charge in [-0.25, -0.2) is 4.98 Å². The molecule has 0 spiro atoms. The van der Waals surface area contributed by atoms with E-state index >= 15 is 0 Å². The van der Waals surface area contributed by atoms with E-state index in [0.717, 1.165) is 42.7 Å². The number of nitrogens with one attached hydrogen (secondary N) is 1. The summed E-state index contributed by atoms with van der Waals surface area (Å²) in [6.07, 6.45) is 0. The highest BCUT2D eigenvalue weighted by molar-refractivity contribution is 6.31. The number of piperazine rings is 1. The van der Waals surface area contributed by atoms with E-state index in [1.807, 2.05) is 19.2 Å². The minimum Gasteiger partial charge on any atom is -0.373 e. The Bertz CT molecular complexity index is 410. The number of rotatable bonds is 3. The van der Waals surface area contributed by atoms with Gasteiger partial charge in [-0.05, 0) is 26.1 Å². The van der Waals surface area contributed by atoms with Crippen LogP contribution in [0.1, 0.15) is 12.6 Å². The number of aromatic nitrogens is 1. The number of pyridine rings is 1. The Morgan fingerprint density at radius 1 is 1.44 bits per heavy atom. The molecule has 18 heavy (non-hydrogen) atoms. The first-order valence-corrected chi connectivity index (χ1v) is 6.73. The van der Waals surface area contributed by atoms with Gasteiger partial charge in [0.15, 0.2) is 0 Å². The van der Waals surface area contributed by atoms with Gasteiger partial charge in [-0.3, -0.25) is 4.90 Å². The molecule has 5 heteroatoms. The first-order chi connectivity index (χ1) is 8.60. The van der Waals surface area contributed by atoms with Gasteiger partial charge in [-0.2, -0.15) is 0 Å². The summed E-state index contributed by atoms with van der Waals surface area (Å²) in [6.45, 7) is 6.35. The minimum atomic E-state index is 0.542. The topological polar surface area (TPSA) is 31.4 Å². The van der Waals surface area contributed by atoms with Crippen molar-refractivity contribution >= 4 is 17.4 Å². The SMILES string of the molecule is CNc1ccc(Cl)c(CN2CCN(C)CC2C)n1. The second-order valence-electron chi connectivity index (χ2n) is 4.96. The van der Waals surface area contributed by atoms with E-state index in [-0.39, 0.29) is 0 Å². The highest BCUT2D eigenvalue weighted by atomic mass is 35.5. The number of hydrogen-bond donors (Lipinski definition) is 1. The molecule has 0 aliphatic carbocycles. The van der Waals surface area contributed by atoms with Crippen LogP contribution in [0.15, 0.2) is 12.1 Å². The molecule has 0 saturated carbocycles. The molecule has 1 N–H and O–H groups in total. The van der Waals surface area contributed by atoms with Crippen LogP contribution in [-0.2, 0) is 6.54 Å². The van der Waals surface area contributed by atoms with Gasteiger partial charge in [-0.1, -0.05) is 11.6 Å². The van der Waals surface area contributed by atoms with Crippen LogP contribution in [0.25, 0.3) is 0 Å². The van der Waals surface area contributed by atoms with Gasteiger partial charge in [0.25, 0.3) is 0 Å². The van der Waals surface area contributed by atoms with Crippen molar-refractivity contribution in [3.8, 4) is 0 Å². The lowest BCUT2D eigenvalue weighted by Gasteiger charge is -2.38. The van der Waals surface area contributed by atoms with Crippen LogP contribution >= 0.6 is 11.6 Å². The third kappa shape index (κ3) is 3.13. The normalized spacial score (nSPS) is 22.1. The third-order valence-electron chi connectivity index (χ3n) is 3.50. The van der Waals surface area contributed by atoms with Gasteiger partial charge in [0.05, 0.1) is 10.7 Å². The molecular weight excluding hydrogens is 248 g/mol. The molecule has 1 aromatic rings. The Labute approximate surface area is 114 Å². The third-order valence-corrected chi connectivity index (χ3v) is 3.84. The monoisotopic (exact) mass is 268 g/mol. The smallest absolute Gasteiger partial charge is 0.126 e. The lowest BCUT2D eigenvalue weighted by Crippen LogP contribution is -2.49. The molecule has 1 fully saturated rings. The molecule has 1 aromatic heterocycles. The van der Waals surface area contributed by atoms with Crippen molar-refractivity contribution in [2.24, 2.45) is 0 Å². The van der Waals surface area contributed by atoms with Gasteiger partial charge < -0.3 is 10.2 Å². The zero-order valence-corrected chi connectivity index (χ0v) is 12.0. The predicted molar refractivity (Wildman–Crippen MR) is 76.2 cm³/mol. The summed E-state index contributed by atoms with van der Waals surface area (Å²) >= 11 is 6.22.